The predicted octanol–water partition coefficient (Wildman–Crippen LogP) is 3.79. The Bertz CT molecular complexity index is 444. The fourth-order valence-electron chi connectivity index (χ4n) is 2.40. The average molecular weight is 269 g/mol. The molecule has 2 heteroatoms. The maximum Gasteiger partial charge on any atom is 0.0616 e. The van der Waals surface area contributed by atoms with Gasteiger partial charge in [-0.1, -0.05) is 67.6 Å². The minimum atomic E-state index is 0.206. The molecule has 0 bridgehead atoms. The number of ether oxygens (including phenoxy) is 1. The van der Waals surface area contributed by atoms with Gasteiger partial charge in [-0.3, -0.25) is 0 Å². The fraction of sp³-hybridized carbons (Fsp3) is 0.333. The van der Waals surface area contributed by atoms with Crippen molar-refractivity contribution in [2.45, 2.75) is 25.4 Å². The van der Waals surface area contributed by atoms with Gasteiger partial charge in [-0.25, -0.2) is 0 Å². The van der Waals surface area contributed by atoms with Crippen LogP contribution in [0, 0.1) is 0 Å². The first-order valence-electron chi connectivity index (χ1n) is 7.20. The van der Waals surface area contributed by atoms with Gasteiger partial charge in [0.1, 0.15) is 0 Å². The lowest BCUT2D eigenvalue weighted by atomic mass is 9.97. The Morgan fingerprint density at radius 2 is 1.40 bits per heavy atom. The van der Waals surface area contributed by atoms with Gasteiger partial charge in [0, 0.05) is 13.2 Å². The zero-order valence-corrected chi connectivity index (χ0v) is 12.3. The van der Waals surface area contributed by atoms with Crippen LogP contribution in [0.1, 0.15) is 30.5 Å². The number of methoxy groups -OCH3 is 1. The van der Waals surface area contributed by atoms with Gasteiger partial charge in [0.05, 0.1) is 12.6 Å². The highest BCUT2D eigenvalue weighted by Gasteiger charge is 2.17. The lowest BCUT2D eigenvalue weighted by molar-refractivity contribution is 0.161. The van der Waals surface area contributed by atoms with E-state index in [9.17, 15) is 0 Å². The van der Waals surface area contributed by atoms with Gasteiger partial charge < -0.3 is 10.1 Å². The maximum absolute atomic E-state index is 5.30. The average Bonchev–Trinajstić information content (AvgIpc) is 2.53. The van der Waals surface area contributed by atoms with Crippen molar-refractivity contribution in [1.29, 1.82) is 0 Å². The van der Waals surface area contributed by atoms with Crippen molar-refractivity contribution < 1.29 is 4.74 Å². The molecule has 2 rings (SSSR count). The lowest BCUT2D eigenvalue weighted by Crippen LogP contribution is -2.36. The number of rotatable bonds is 7. The Labute approximate surface area is 121 Å². The molecule has 1 N–H and O–H groups in total. The van der Waals surface area contributed by atoms with E-state index in [1.165, 1.54) is 11.1 Å². The summed E-state index contributed by atoms with van der Waals surface area (Å²) in [5, 5.41) is 3.71. The van der Waals surface area contributed by atoms with Crippen LogP contribution in [0.5, 0.6) is 0 Å². The van der Waals surface area contributed by atoms with Crippen molar-refractivity contribution in [1.82, 2.24) is 5.32 Å². The standard InChI is InChI=1S/C18H23NO/c1-3-17(14-20-2)19-18(15-10-6-4-7-11-15)16-12-8-5-9-13-16/h4-13,17-19H,3,14H2,1-2H3. The summed E-state index contributed by atoms with van der Waals surface area (Å²) >= 11 is 0. The van der Waals surface area contributed by atoms with E-state index in [1.54, 1.807) is 7.11 Å². The summed E-state index contributed by atoms with van der Waals surface area (Å²) in [5.74, 6) is 0. The summed E-state index contributed by atoms with van der Waals surface area (Å²) in [6.45, 7) is 2.91. The van der Waals surface area contributed by atoms with Crippen LogP contribution in [0.25, 0.3) is 0 Å². The van der Waals surface area contributed by atoms with Crippen molar-refractivity contribution in [3.8, 4) is 0 Å². The summed E-state index contributed by atoms with van der Waals surface area (Å²) in [7, 11) is 1.75. The number of hydrogen-bond acceptors (Lipinski definition) is 2. The summed E-state index contributed by atoms with van der Waals surface area (Å²) in [5.41, 5.74) is 2.57. The van der Waals surface area contributed by atoms with Crippen molar-refractivity contribution in [2.24, 2.45) is 0 Å². The van der Waals surface area contributed by atoms with Crippen LogP contribution >= 0.6 is 0 Å². The first-order valence-corrected chi connectivity index (χ1v) is 7.20. The molecule has 0 aromatic heterocycles. The molecule has 0 saturated heterocycles. The molecule has 0 heterocycles. The Kier molecular flexibility index (Phi) is 5.78. The first kappa shape index (κ1) is 14.8. The normalized spacial score (nSPS) is 12.6. The molecule has 0 aliphatic carbocycles. The fourth-order valence-corrected chi connectivity index (χ4v) is 2.40. The van der Waals surface area contributed by atoms with Gasteiger partial charge in [0.2, 0.25) is 0 Å². The van der Waals surface area contributed by atoms with Gasteiger partial charge >= 0.3 is 0 Å². The van der Waals surface area contributed by atoms with Crippen molar-refractivity contribution in [2.75, 3.05) is 13.7 Å². The van der Waals surface area contributed by atoms with Crippen LogP contribution in [0.3, 0.4) is 0 Å². The summed E-state index contributed by atoms with van der Waals surface area (Å²) < 4.78 is 5.30. The zero-order valence-electron chi connectivity index (χ0n) is 12.3. The van der Waals surface area contributed by atoms with Gasteiger partial charge in [-0.2, -0.15) is 0 Å². The van der Waals surface area contributed by atoms with E-state index in [1.807, 2.05) is 0 Å². The molecule has 0 fully saturated rings. The monoisotopic (exact) mass is 269 g/mol. The van der Waals surface area contributed by atoms with E-state index in [2.05, 4.69) is 72.9 Å². The Hall–Kier alpha value is -1.64. The molecular formula is C18H23NO. The van der Waals surface area contributed by atoms with E-state index in [0.717, 1.165) is 13.0 Å². The molecule has 20 heavy (non-hydrogen) atoms. The zero-order chi connectivity index (χ0) is 14.2. The van der Waals surface area contributed by atoms with Crippen molar-refractivity contribution in [3.63, 3.8) is 0 Å². The van der Waals surface area contributed by atoms with Gasteiger partial charge in [-0.15, -0.1) is 0 Å². The van der Waals surface area contributed by atoms with Gasteiger partial charge in [-0.05, 0) is 17.5 Å². The van der Waals surface area contributed by atoms with Crippen LogP contribution < -0.4 is 5.32 Å². The Balaban J connectivity index is 2.25. The molecule has 1 atom stereocenters. The van der Waals surface area contributed by atoms with Crippen LogP contribution in [-0.2, 0) is 4.74 Å². The smallest absolute Gasteiger partial charge is 0.0616 e. The lowest BCUT2D eigenvalue weighted by Gasteiger charge is -2.25. The molecule has 2 aromatic rings. The molecule has 0 aliphatic heterocycles. The second-order valence-corrected chi connectivity index (χ2v) is 4.98. The van der Waals surface area contributed by atoms with E-state index in [0.29, 0.717) is 6.04 Å². The molecule has 106 valence electrons. The highest BCUT2D eigenvalue weighted by molar-refractivity contribution is 5.31. The topological polar surface area (TPSA) is 21.3 Å². The van der Waals surface area contributed by atoms with Crippen molar-refractivity contribution in [3.05, 3.63) is 71.8 Å². The van der Waals surface area contributed by atoms with Crippen molar-refractivity contribution >= 4 is 0 Å². The first-order chi connectivity index (χ1) is 9.85. The maximum atomic E-state index is 5.30. The molecular weight excluding hydrogens is 246 g/mol. The molecule has 0 radical (unpaired) electrons. The van der Waals surface area contributed by atoms with E-state index < -0.39 is 0 Å². The summed E-state index contributed by atoms with van der Waals surface area (Å²) in [6, 6.07) is 21.7. The molecule has 2 nitrogen and oxygen atoms in total. The van der Waals surface area contributed by atoms with E-state index in [4.69, 9.17) is 4.74 Å². The molecule has 0 amide bonds. The van der Waals surface area contributed by atoms with Crippen LogP contribution in [0.15, 0.2) is 60.7 Å². The quantitative estimate of drug-likeness (QED) is 0.825. The number of nitrogens with one attached hydrogen (secondary N) is 1. The second-order valence-electron chi connectivity index (χ2n) is 4.98. The van der Waals surface area contributed by atoms with Gasteiger partial charge in [0.25, 0.3) is 0 Å². The van der Waals surface area contributed by atoms with E-state index in [-0.39, 0.29) is 6.04 Å². The Morgan fingerprint density at radius 3 is 1.80 bits per heavy atom. The van der Waals surface area contributed by atoms with Crippen LogP contribution in [0.4, 0.5) is 0 Å². The predicted molar refractivity (Wildman–Crippen MR) is 83.8 cm³/mol. The van der Waals surface area contributed by atoms with E-state index >= 15 is 0 Å². The summed E-state index contributed by atoms with van der Waals surface area (Å²) in [6.07, 6.45) is 1.05. The largest absolute Gasteiger partial charge is 0.383 e. The van der Waals surface area contributed by atoms with Gasteiger partial charge in [0.15, 0.2) is 0 Å². The highest BCUT2D eigenvalue weighted by Crippen LogP contribution is 2.22. The molecule has 0 aliphatic rings. The molecule has 1 unspecified atom stereocenters. The minimum absolute atomic E-state index is 0.206. The third-order valence-corrected chi connectivity index (χ3v) is 3.53. The third-order valence-electron chi connectivity index (χ3n) is 3.53. The molecule has 0 spiro atoms. The Morgan fingerprint density at radius 1 is 0.900 bits per heavy atom. The minimum Gasteiger partial charge on any atom is -0.383 e. The number of hydrogen-bond donors (Lipinski definition) is 1. The highest BCUT2D eigenvalue weighted by atomic mass is 16.5. The third kappa shape index (κ3) is 3.92. The second kappa shape index (κ2) is 7.83. The number of benzene rings is 2. The SMILES string of the molecule is CCC(COC)NC(c1ccccc1)c1ccccc1. The molecule has 0 saturated carbocycles. The van der Waals surface area contributed by atoms with Crippen LogP contribution in [-0.4, -0.2) is 19.8 Å². The summed E-state index contributed by atoms with van der Waals surface area (Å²) in [4.78, 5) is 0. The van der Waals surface area contributed by atoms with Crippen LogP contribution in [0.2, 0.25) is 0 Å². The molecule has 2 aromatic carbocycles.